The van der Waals surface area contributed by atoms with Crippen molar-refractivity contribution in [2.75, 3.05) is 7.05 Å². The molecule has 2 N–H and O–H groups in total. The highest BCUT2D eigenvalue weighted by molar-refractivity contribution is 6.07. The molecule has 2 aromatic carbocycles. The Morgan fingerprint density at radius 2 is 1.79 bits per heavy atom. The van der Waals surface area contributed by atoms with E-state index in [2.05, 4.69) is 48.3 Å². The van der Waals surface area contributed by atoms with Crippen LogP contribution in [0.4, 0.5) is 0 Å². The molecule has 0 aromatic heterocycles. The van der Waals surface area contributed by atoms with Crippen LogP contribution in [0.5, 0.6) is 0 Å². The largest absolute Gasteiger partial charge is 0.369 e. The smallest absolute Gasteiger partial charge is 0.261 e. The zero-order chi connectivity index (χ0) is 16.9. The summed E-state index contributed by atoms with van der Waals surface area (Å²) in [5.41, 5.74) is 9.55. The quantitative estimate of drug-likeness (QED) is 0.945. The summed E-state index contributed by atoms with van der Waals surface area (Å²) >= 11 is 0. The van der Waals surface area contributed by atoms with Gasteiger partial charge in [-0.25, -0.2) is 4.99 Å². The first-order valence-corrected chi connectivity index (χ1v) is 8.33. The van der Waals surface area contributed by atoms with E-state index in [0.717, 1.165) is 29.5 Å². The van der Waals surface area contributed by atoms with E-state index in [4.69, 9.17) is 5.73 Å². The summed E-state index contributed by atoms with van der Waals surface area (Å²) in [6.45, 7) is 2.08. The zero-order valence-corrected chi connectivity index (χ0v) is 14.0. The van der Waals surface area contributed by atoms with Crippen LogP contribution in [0.2, 0.25) is 0 Å². The Balaban J connectivity index is 1.84. The van der Waals surface area contributed by atoms with Crippen LogP contribution in [0.15, 0.2) is 53.5 Å². The van der Waals surface area contributed by atoms with Crippen molar-refractivity contribution < 1.29 is 4.79 Å². The van der Waals surface area contributed by atoms with Crippen molar-refractivity contribution in [1.29, 1.82) is 0 Å². The highest BCUT2D eigenvalue weighted by atomic mass is 16.2. The van der Waals surface area contributed by atoms with Gasteiger partial charge in [-0.2, -0.15) is 0 Å². The normalized spacial score (nSPS) is 23.5. The lowest BCUT2D eigenvalue weighted by molar-refractivity contribution is -0.131. The molecule has 0 bridgehead atoms. The molecule has 2 aliphatic rings. The number of nitrogens with zero attached hydrogens (tertiary/aromatic N) is 2. The Morgan fingerprint density at radius 1 is 1.12 bits per heavy atom. The topological polar surface area (TPSA) is 58.7 Å². The Kier molecular flexibility index (Phi) is 3.23. The first-order valence-electron chi connectivity index (χ1n) is 8.33. The Hall–Kier alpha value is -2.62. The molecule has 0 radical (unpaired) electrons. The third-order valence-corrected chi connectivity index (χ3v) is 5.09. The monoisotopic (exact) mass is 319 g/mol. The third-order valence-electron chi connectivity index (χ3n) is 5.09. The molecule has 1 heterocycles. The lowest BCUT2D eigenvalue weighted by Crippen LogP contribution is -2.41. The third kappa shape index (κ3) is 2.13. The van der Waals surface area contributed by atoms with Crippen molar-refractivity contribution in [2.45, 2.75) is 25.3 Å². The molecular formula is C20H21N3O. The molecule has 122 valence electrons. The van der Waals surface area contributed by atoms with Gasteiger partial charge in [0.25, 0.3) is 5.91 Å². The molecule has 1 unspecified atom stereocenters. The van der Waals surface area contributed by atoms with E-state index in [-0.39, 0.29) is 11.8 Å². The number of likely N-dealkylation sites (N-methyl/N-ethyl adjacent to an activating group) is 1. The van der Waals surface area contributed by atoms with E-state index in [1.165, 1.54) is 10.5 Å². The molecule has 1 aliphatic carbocycles. The summed E-state index contributed by atoms with van der Waals surface area (Å²) in [4.78, 5) is 19.1. The van der Waals surface area contributed by atoms with Crippen LogP contribution < -0.4 is 5.73 Å². The highest BCUT2D eigenvalue weighted by Crippen LogP contribution is 2.51. The highest BCUT2D eigenvalue weighted by Gasteiger charge is 2.57. The number of carbonyl (C=O) groups is 1. The first-order chi connectivity index (χ1) is 11.5. The fourth-order valence-electron chi connectivity index (χ4n) is 3.61. The van der Waals surface area contributed by atoms with Gasteiger partial charge in [0.2, 0.25) is 0 Å². The van der Waals surface area contributed by atoms with E-state index in [9.17, 15) is 4.79 Å². The van der Waals surface area contributed by atoms with Crippen molar-refractivity contribution in [2.24, 2.45) is 16.6 Å². The minimum absolute atomic E-state index is 0.0103. The molecule has 0 saturated heterocycles. The number of aliphatic imine (C=N–C) groups is 1. The van der Waals surface area contributed by atoms with Gasteiger partial charge in [-0.05, 0) is 48.4 Å². The molecule has 4 nitrogen and oxygen atoms in total. The van der Waals surface area contributed by atoms with E-state index < -0.39 is 5.54 Å². The van der Waals surface area contributed by atoms with Crippen molar-refractivity contribution in [3.05, 3.63) is 59.7 Å². The van der Waals surface area contributed by atoms with Crippen LogP contribution >= 0.6 is 0 Å². The van der Waals surface area contributed by atoms with E-state index in [0.29, 0.717) is 5.96 Å². The van der Waals surface area contributed by atoms with Crippen molar-refractivity contribution >= 4 is 11.9 Å². The van der Waals surface area contributed by atoms with Crippen LogP contribution in [0.25, 0.3) is 11.1 Å². The number of amides is 1. The second kappa shape index (κ2) is 5.20. The van der Waals surface area contributed by atoms with Crippen LogP contribution in [0.3, 0.4) is 0 Å². The molecule has 0 spiro atoms. The number of aryl methyl sites for hydroxylation is 1. The zero-order valence-electron chi connectivity index (χ0n) is 14.0. The number of hydrogen-bond acceptors (Lipinski definition) is 3. The standard InChI is InChI=1S/C20H21N3O/c1-13-5-3-6-14(11-13)15-7-4-8-17(12-15)20(16-9-10-16)18(24)23(2)19(21)22-20/h3-8,11-12,16H,9-10H2,1-2H3,(H2,21,22). The van der Waals surface area contributed by atoms with Gasteiger partial charge >= 0.3 is 0 Å². The van der Waals surface area contributed by atoms with Gasteiger partial charge in [0, 0.05) is 7.05 Å². The maximum Gasteiger partial charge on any atom is 0.261 e. The second-order valence-corrected chi connectivity index (χ2v) is 6.83. The van der Waals surface area contributed by atoms with Crippen molar-refractivity contribution in [3.8, 4) is 11.1 Å². The molecule has 4 rings (SSSR count). The van der Waals surface area contributed by atoms with Crippen molar-refractivity contribution in [1.82, 2.24) is 4.90 Å². The van der Waals surface area contributed by atoms with Crippen LogP contribution in [-0.2, 0) is 10.3 Å². The summed E-state index contributed by atoms with van der Waals surface area (Å²) in [5, 5.41) is 0. The lowest BCUT2D eigenvalue weighted by Gasteiger charge is -2.25. The maximum absolute atomic E-state index is 13.0. The second-order valence-electron chi connectivity index (χ2n) is 6.83. The Labute approximate surface area is 142 Å². The average Bonchev–Trinajstić information content (AvgIpc) is 3.40. The van der Waals surface area contributed by atoms with E-state index >= 15 is 0 Å². The number of carbonyl (C=O) groups excluding carboxylic acids is 1. The predicted molar refractivity (Wildman–Crippen MR) is 95.4 cm³/mol. The molecule has 2 aromatic rings. The van der Waals surface area contributed by atoms with Gasteiger partial charge in [0.15, 0.2) is 11.5 Å². The molecule has 1 atom stereocenters. The summed E-state index contributed by atoms with van der Waals surface area (Å²) < 4.78 is 0. The molecule has 1 fully saturated rings. The van der Waals surface area contributed by atoms with Gasteiger partial charge in [-0.3, -0.25) is 9.69 Å². The summed E-state index contributed by atoms with van der Waals surface area (Å²) in [6, 6.07) is 16.6. The lowest BCUT2D eigenvalue weighted by atomic mass is 9.83. The SMILES string of the molecule is Cc1cccc(-c2cccc(C3(C4CC4)N=C(N)N(C)C3=O)c2)c1. The molecule has 24 heavy (non-hydrogen) atoms. The average molecular weight is 319 g/mol. The van der Waals surface area contributed by atoms with Gasteiger partial charge in [0.05, 0.1) is 0 Å². The van der Waals surface area contributed by atoms with Crippen LogP contribution in [0, 0.1) is 12.8 Å². The fourth-order valence-corrected chi connectivity index (χ4v) is 3.61. The number of guanidine groups is 1. The first kappa shape index (κ1) is 14.9. The maximum atomic E-state index is 13.0. The van der Waals surface area contributed by atoms with Gasteiger partial charge in [-0.1, -0.05) is 48.0 Å². The Bertz CT molecular complexity index is 853. The van der Waals surface area contributed by atoms with Crippen LogP contribution in [-0.4, -0.2) is 23.8 Å². The fraction of sp³-hybridized carbons (Fsp3) is 0.300. The van der Waals surface area contributed by atoms with Crippen LogP contribution in [0.1, 0.15) is 24.0 Å². The van der Waals surface area contributed by atoms with E-state index in [1.807, 2.05) is 12.1 Å². The van der Waals surface area contributed by atoms with Gasteiger partial charge in [0.1, 0.15) is 0 Å². The molecule has 1 amide bonds. The summed E-state index contributed by atoms with van der Waals surface area (Å²) in [5.74, 6) is 0.554. The minimum Gasteiger partial charge on any atom is -0.369 e. The number of nitrogens with two attached hydrogens (primary N) is 1. The summed E-state index contributed by atoms with van der Waals surface area (Å²) in [6.07, 6.45) is 2.04. The molecular weight excluding hydrogens is 298 g/mol. The van der Waals surface area contributed by atoms with Gasteiger partial charge < -0.3 is 5.73 Å². The Morgan fingerprint density at radius 3 is 2.38 bits per heavy atom. The number of hydrogen-bond donors (Lipinski definition) is 1. The molecule has 1 saturated carbocycles. The number of benzene rings is 2. The van der Waals surface area contributed by atoms with Crippen molar-refractivity contribution in [3.63, 3.8) is 0 Å². The summed E-state index contributed by atoms with van der Waals surface area (Å²) in [7, 11) is 1.70. The minimum atomic E-state index is -0.835. The van der Waals surface area contributed by atoms with Gasteiger partial charge in [-0.15, -0.1) is 0 Å². The number of rotatable bonds is 3. The predicted octanol–water partition coefficient (Wildman–Crippen LogP) is 3.05. The van der Waals surface area contributed by atoms with E-state index in [1.54, 1.807) is 7.05 Å². The molecule has 1 aliphatic heterocycles. The molecule has 4 heteroatoms.